The summed E-state index contributed by atoms with van der Waals surface area (Å²) in [6.45, 7) is 0.937. The number of halogens is 3. The summed E-state index contributed by atoms with van der Waals surface area (Å²) in [4.78, 5) is 0. The molecule has 0 bridgehead atoms. The molecule has 0 spiro atoms. The quantitative estimate of drug-likeness (QED) is 0.719. The third-order valence-electron chi connectivity index (χ3n) is 3.04. The van der Waals surface area contributed by atoms with E-state index in [4.69, 9.17) is 54.7 Å². The average Bonchev–Trinajstić information content (AvgIpc) is 2.53. The van der Waals surface area contributed by atoms with Crippen LogP contribution in [0.1, 0.15) is 5.56 Å². The zero-order chi connectivity index (χ0) is 16.8. The average molecular weight is 377 g/mol. The second-order valence-corrected chi connectivity index (χ2v) is 5.82. The fourth-order valence-electron chi connectivity index (χ4n) is 1.93. The summed E-state index contributed by atoms with van der Waals surface area (Å²) in [7, 11) is 1.59. The molecule has 124 valence electrons. The van der Waals surface area contributed by atoms with Gasteiger partial charge in [-0.05, 0) is 18.2 Å². The van der Waals surface area contributed by atoms with Gasteiger partial charge < -0.3 is 19.9 Å². The van der Waals surface area contributed by atoms with Crippen molar-refractivity contribution in [1.82, 2.24) is 0 Å². The molecule has 0 fully saturated rings. The van der Waals surface area contributed by atoms with Gasteiger partial charge in [-0.25, -0.2) is 0 Å². The molecule has 0 aromatic heterocycles. The number of hydrogen-bond acceptors (Lipinski definition) is 4. The Hall–Kier alpha value is -1.33. The number of benzene rings is 2. The molecule has 0 aliphatic rings. The highest BCUT2D eigenvalue weighted by atomic mass is 35.5. The molecule has 0 aliphatic carbocycles. The monoisotopic (exact) mass is 375 g/mol. The lowest BCUT2D eigenvalue weighted by atomic mass is 10.2. The second kappa shape index (κ2) is 8.50. The predicted molar refractivity (Wildman–Crippen MR) is 93.3 cm³/mol. The predicted octanol–water partition coefficient (Wildman–Crippen LogP) is 4.57. The van der Waals surface area contributed by atoms with E-state index in [9.17, 15) is 0 Å². The summed E-state index contributed by atoms with van der Waals surface area (Å²) in [5.74, 6) is 1.73. The van der Waals surface area contributed by atoms with Crippen molar-refractivity contribution in [1.29, 1.82) is 0 Å². The van der Waals surface area contributed by atoms with Crippen LogP contribution in [0.4, 0.5) is 0 Å². The highest BCUT2D eigenvalue weighted by Crippen LogP contribution is 2.35. The first-order valence-corrected chi connectivity index (χ1v) is 7.95. The van der Waals surface area contributed by atoms with Crippen LogP contribution in [0.3, 0.4) is 0 Å². The minimum Gasteiger partial charge on any atom is -0.497 e. The summed E-state index contributed by atoms with van der Waals surface area (Å²) >= 11 is 18.0. The van der Waals surface area contributed by atoms with E-state index in [0.717, 1.165) is 5.56 Å². The van der Waals surface area contributed by atoms with E-state index < -0.39 is 0 Å². The minimum absolute atomic E-state index is 0.266. The van der Waals surface area contributed by atoms with E-state index in [1.165, 1.54) is 0 Å². The van der Waals surface area contributed by atoms with E-state index in [0.29, 0.717) is 45.5 Å². The smallest absolute Gasteiger partial charge is 0.156 e. The van der Waals surface area contributed by atoms with Crippen LogP contribution in [0.2, 0.25) is 15.1 Å². The van der Waals surface area contributed by atoms with Crippen molar-refractivity contribution in [2.24, 2.45) is 5.73 Å². The van der Waals surface area contributed by atoms with Gasteiger partial charge in [-0.1, -0.05) is 40.9 Å². The highest BCUT2D eigenvalue weighted by molar-refractivity contribution is 6.40. The maximum Gasteiger partial charge on any atom is 0.156 e. The molecule has 2 aromatic rings. The number of methoxy groups -OCH3 is 1. The van der Waals surface area contributed by atoms with Crippen LogP contribution in [0.15, 0.2) is 30.3 Å². The number of rotatable bonds is 7. The molecule has 2 N–H and O–H groups in total. The van der Waals surface area contributed by atoms with Crippen molar-refractivity contribution in [3.63, 3.8) is 0 Å². The molecule has 0 aliphatic heterocycles. The van der Waals surface area contributed by atoms with E-state index in [1.54, 1.807) is 25.3 Å². The van der Waals surface area contributed by atoms with Crippen LogP contribution >= 0.6 is 34.8 Å². The van der Waals surface area contributed by atoms with E-state index in [1.807, 2.05) is 12.1 Å². The van der Waals surface area contributed by atoms with E-state index >= 15 is 0 Å². The first kappa shape index (κ1) is 18.0. The molecule has 0 heterocycles. The number of nitrogens with two attached hydrogens (primary N) is 1. The van der Waals surface area contributed by atoms with Crippen molar-refractivity contribution in [2.45, 2.75) is 6.54 Å². The molecule has 0 saturated heterocycles. The summed E-state index contributed by atoms with van der Waals surface area (Å²) in [6.07, 6.45) is 0. The third kappa shape index (κ3) is 4.82. The first-order chi connectivity index (χ1) is 11.0. The lowest BCUT2D eigenvalue weighted by molar-refractivity contribution is 0.215. The maximum atomic E-state index is 6.05. The van der Waals surface area contributed by atoms with Gasteiger partial charge in [0.25, 0.3) is 0 Å². The van der Waals surface area contributed by atoms with Crippen LogP contribution in [0, 0.1) is 0 Å². The largest absolute Gasteiger partial charge is 0.497 e. The Balaban J connectivity index is 1.96. The van der Waals surface area contributed by atoms with Crippen molar-refractivity contribution < 1.29 is 14.2 Å². The summed E-state index contributed by atoms with van der Waals surface area (Å²) in [5.41, 5.74) is 6.57. The van der Waals surface area contributed by atoms with Gasteiger partial charge in [0.2, 0.25) is 0 Å². The molecule has 0 radical (unpaired) electrons. The fraction of sp³-hybridized carbons (Fsp3) is 0.250. The second-order valence-electron chi connectivity index (χ2n) is 4.57. The highest BCUT2D eigenvalue weighted by Gasteiger charge is 2.10. The molecule has 2 aromatic carbocycles. The Morgan fingerprint density at radius 1 is 0.957 bits per heavy atom. The minimum atomic E-state index is 0.266. The number of ether oxygens (including phenoxy) is 3. The summed E-state index contributed by atoms with van der Waals surface area (Å²) in [6, 6.07) is 8.62. The Labute approximate surface area is 150 Å². The van der Waals surface area contributed by atoms with Gasteiger partial charge in [0, 0.05) is 23.2 Å². The van der Waals surface area contributed by atoms with Gasteiger partial charge >= 0.3 is 0 Å². The molecule has 0 atom stereocenters. The van der Waals surface area contributed by atoms with Crippen molar-refractivity contribution in [2.75, 3.05) is 20.3 Å². The third-order valence-corrected chi connectivity index (χ3v) is 3.82. The standard InChI is InChI=1S/C16H16Cl3NO3/c1-21-12-3-2-10(9-20)15(8-12)22-4-5-23-16-13(18)6-11(17)7-14(16)19/h2-3,6-8H,4-5,9,20H2,1H3. The summed E-state index contributed by atoms with van der Waals surface area (Å²) < 4.78 is 16.4. The van der Waals surface area contributed by atoms with Crippen LogP contribution < -0.4 is 19.9 Å². The van der Waals surface area contributed by atoms with E-state index in [2.05, 4.69) is 0 Å². The summed E-state index contributed by atoms with van der Waals surface area (Å²) in [5, 5.41) is 1.16. The van der Waals surface area contributed by atoms with Crippen LogP contribution in [-0.4, -0.2) is 20.3 Å². The Morgan fingerprint density at radius 2 is 1.61 bits per heavy atom. The lowest BCUT2D eigenvalue weighted by Gasteiger charge is -2.14. The topological polar surface area (TPSA) is 53.7 Å². The molecule has 0 amide bonds. The lowest BCUT2D eigenvalue weighted by Crippen LogP contribution is -2.11. The van der Waals surface area contributed by atoms with Gasteiger partial charge in [-0.15, -0.1) is 0 Å². The molecular formula is C16H16Cl3NO3. The molecule has 4 nitrogen and oxygen atoms in total. The van der Waals surface area contributed by atoms with Crippen molar-refractivity contribution in [3.05, 3.63) is 51.0 Å². The fourth-order valence-corrected chi connectivity index (χ4v) is 2.85. The van der Waals surface area contributed by atoms with Gasteiger partial charge in [-0.2, -0.15) is 0 Å². The van der Waals surface area contributed by atoms with Crippen molar-refractivity contribution in [3.8, 4) is 17.2 Å². The maximum absolute atomic E-state index is 6.05. The first-order valence-electron chi connectivity index (χ1n) is 6.82. The van der Waals surface area contributed by atoms with Gasteiger partial charge in [-0.3, -0.25) is 0 Å². The Bertz CT molecular complexity index is 657. The van der Waals surface area contributed by atoms with Gasteiger partial charge in [0.15, 0.2) is 5.75 Å². The Morgan fingerprint density at radius 3 is 2.22 bits per heavy atom. The molecule has 0 unspecified atom stereocenters. The van der Waals surface area contributed by atoms with E-state index in [-0.39, 0.29) is 6.61 Å². The molecule has 0 saturated carbocycles. The SMILES string of the molecule is COc1ccc(CN)c(OCCOc2c(Cl)cc(Cl)cc2Cl)c1. The Kier molecular flexibility index (Phi) is 6.66. The zero-order valence-electron chi connectivity index (χ0n) is 12.4. The van der Waals surface area contributed by atoms with Crippen molar-refractivity contribution >= 4 is 34.8 Å². The molecule has 7 heteroatoms. The van der Waals surface area contributed by atoms with Crippen LogP contribution in [0.25, 0.3) is 0 Å². The van der Waals surface area contributed by atoms with Crippen LogP contribution in [0.5, 0.6) is 17.2 Å². The van der Waals surface area contributed by atoms with Gasteiger partial charge in [0.1, 0.15) is 24.7 Å². The normalized spacial score (nSPS) is 10.5. The zero-order valence-corrected chi connectivity index (χ0v) is 14.7. The molecule has 2 rings (SSSR count). The molecular weight excluding hydrogens is 361 g/mol. The van der Waals surface area contributed by atoms with Gasteiger partial charge in [0.05, 0.1) is 17.2 Å². The van der Waals surface area contributed by atoms with Crippen LogP contribution in [-0.2, 0) is 6.54 Å². The molecule has 23 heavy (non-hydrogen) atoms. The number of hydrogen-bond donors (Lipinski definition) is 1.